The van der Waals surface area contributed by atoms with Crippen LogP contribution in [0.3, 0.4) is 0 Å². The van der Waals surface area contributed by atoms with Gasteiger partial charge in [-0.15, -0.1) is 0 Å². The maximum absolute atomic E-state index is 10.5. The van der Waals surface area contributed by atoms with E-state index in [1.54, 1.807) is 24.3 Å². The van der Waals surface area contributed by atoms with Crippen molar-refractivity contribution in [3.05, 3.63) is 70.8 Å². The minimum atomic E-state index is -0.865. The Morgan fingerprint density at radius 2 is 0.923 bits per heavy atom. The number of aliphatic hydroxyl groups excluding tert-OH is 2. The molecule has 0 spiro atoms. The van der Waals surface area contributed by atoms with Crippen LogP contribution in [0.5, 0.6) is 0 Å². The molecule has 0 amide bonds. The van der Waals surface area contributed by atoms with Crippen LogP contribution in [0.1, 0.15) is 112 Å². The molecular formula is C33H52O6. The van der Waals surface area contributed by atoms with Crippen molar-refractivity contribution in [1.29, 1.82) is 0 Å². The van der Waals surface area contributed by atoms with Gasteiger partial charge in [-0.05, 0) is 79.3 Å². The predicted octanol–water partition coefficient (Wildman–Crippen LogP) is 7.50. The average molecular weight is 545 g/mol. The van der Waals surface area contributed by atoms with Crippen molar-refractivity contribution in [2.45, 2.75) is 106 Å². The van der Waals surface area contributed by atoms with Crippen molar-refractivity contribution in [2.75, 3.05) is 0 Å². The number of hydrogen-bond donors (Lipinski definition) is 4. The number of aromatic carboxylic acids is 2. The Bertz CT molecular complexity index is 843. The van der Waals surface area contributed by atoms with E-state index in [1.807, 2.05) is 31.2 Å². The van der Waals surface area contributed by atoms with Crippen LogP contribution in [-0.2, 0) is 12.8 Å². The van der Waals surface area contributed by atoms with Crippen LogP contribution in [0.2, 0.25) is 0 Å². The molecule has 39 heavy (non-hydrogen) atoms. The number of hydrogen-bond acceptors (Lipinski definition) is 4. The quantitative estimate of drug-likeness (QED) is 0.207. The summed E-state index contributed by atoms with van der Waals surface area (Å²) >= 11 is 0. The van der Waals surface area contributed by atoms with Crippen LogP contribution in [0.4, 0.5) is 0 Å². The smallest absolute Gasteiger partial charge is 0.335 e. The van der Waals surface area contributed by atoms with Crippen LogP contribution in [0, 0.1) is 17.8 Å². The number of carbonyl (C=O) groups is 2. The lowest BCUT2D eigenvalue weighted by Crippen LogP contribution is -2.31. The monoisotopic (exact) mass is 544 g/mol. The second kappa shape index (κ2) is 20.2. The van der Waals surface area contributed by atoms with Crippen molar-refractivity contribution in [2.24, 2.45) is 17.8 Å². The van der Waals surface area contributed by atoms with Gasteiger partial charge in [-0.2, -0.15) is 0 Å². The van der Waals surface area contributed by atoms with Crippen LogP contribution < -0.4 is 0 Å². The molecule has 2 atom stereocenters. The molecule has 0 aromatic heterocycles. The molecule has 0 saturated carbocycles. The fourth-order valence-corrected chi connectivity index (χ4v) is 4.33. The van der Waals surface area contributed by atoms with E-state index in [2.05, 4.69) is 41.5 Å². The first-order valence-corrected chi connectivity index (χ1v) is 14.4. The van der Waals surface area contributed by atoms with Gasteiger partial charge in [0.2, 0.25) is 0 Å². The summed E-state index contributed by atoms with van der Waals surface area (Å²) in [5.74, 6) is -0.446. The van der Waals surface area contributed by atoms with Gasteiger partial charge in [-0.3, -0.25) is 0 Å². The molecule has 2 unspecified atom stereocenters. The third kappa shape index (κ3) is 16.1. The third-order valence-corrected chi connectivity index (χ3v) is 6.32. The van der Waals surface area contributed by atoms with Crippen LogP contribution in [-0.4, -0.2) is 44.6 Å². The standard InChI is InChI=1S/2C11H14O2.C11H24O2/c2*1-8(2)7-9-3-5-10(6-4-9)11(12)13;1-4-7-10(12)9(6-3)11(13)8-5-2/h2*3-6,8H,7H2,1-2H3,(H,12,13);9-13H,4-8H2,1-3H3. The molecule has 0 radical (unpaired) electrons. The van der Waals surface area contributed by atoms with Gasteiger partial charge >= 0.3 is 11.9 Å². The summed E-state index contributed by atoms with van der Waals surface area (Å²) in [6.45, 7) is 14.7. The first kappa shape index (κ1) is 36.3. The highest BCUT2D eigenvalue weighted by atomic mass is 16.4. The second-order valence-electron chi connectivity index (χ2n) is 11.0. The van der Waals surface area contributed by atoms with Gasteiger partial charge in [-0.1, -0.05) is 85.6 Å². The lowest BCUT2D eigenvalue weighted by Gasteiger charge is -2.26. The molecule has 6 nitrogen and oxygen atoms in total. The molecule has 0 fully saturated rings. The van der Waals surface area contributed by atoms with Crippen molar-refractivity contribution in [3.8, 4) is 0 Å². The Labute approximate surface area is 236 Å². The zero-order chi connectivity index (χ0) is 30.0. The van der Waals surface area contributed by atoms with Crippen molar-refractivity contribution < 1.29 is 30.0 Å². The highest BCUT2D eigenvalue weighted by molar-refractivity contribution is 5.87. The van der Waals surface area contributed by atoms with E-state index in [9.17, 15) is 19.8 Å². The lowest BCUT2D eigenvalue weighted by molar-refractivity contribution is 0.00198. The summed E-state index contributed by atoms with van der Waals surface area (Å²) < 4.78 is 0. The topological polar surface area (TPSA) is 115 Å². The highest BCUT2D eigenvalue weighted by Gasteiger charge is 2.23. The molecular weight excluding hydrogens is 492 g/mol. The first-order valence-electron chi connectivity index (χ1n) is 14.4. The molecule has 0 heterocycles. The van der Waals surface area contributed by atoms with E-state index in [1.165, 1.54) is 11.1 Å². The Balaban J connectivity index is 0.000000555. The maximum atomic E-state index is 10.5. The largest absolute Gasteiger partial charge is 0.478 e. The summed E-state index contributed by atoms with van der Waals surface area (Å²) in [4.78, 5) is 21.1. The molecule has 220 valence electrons. The zero-order valence-electron chi connectivity index (χ0n) is 25.1. The van der Waals surface area contributed by atoms with Gasteiger partial charge < -0.3 is 20.4 Å². The van der Waals surface area contributed by atoms with E-state index in [-0.39, 0.29) is 18.1 Å². The van der Waals surface area contributed by atoms with Gasteiger partial charge in [0.15, 0.2) is 0 Å². The number of carboxylic acids is 2. The van der Waals surface area contributed by atoms with E-state index in [4.69, 9.17) is 10.2 Å². The molecule has 2 aromatic rings. The van der Waals surface area contributed by atoms with Crippen LogP contribution in [0.25, 0.3) is 0 Å². The normalized spacial score (nSPS) is 13.0. The van der Waals surface area contributed by atoms with Crippen molar-refractivity contribution >= 4 is 11.9 Å². The number of rotatable bonds is 13. The molecule has 0 aliphatic heterocycles. The van der Waals surface area contributed by atoms with Crippen molar-refractivity contribution in [1.82, 2.24) is 0 Å². The summed E-state index contributed by atoms with van der Waals surface area (Å²) in [6.07, 6.45) is 5.79. The molecule has 6 heteroatoms. The third-order valence-electron chi connectivity index (χ3n) is 6.32. The Morgan fingerprint density at radius 3 is 1.13 bits per heavy atom. The van der Waals surface area contributed by atoms with Crippen molar-refractivity contribution in [3.63, 3.8) is 0 Å². The molecule has 0 saturated heterocycles. The first-order chi connectivity index (χ1) is 18.4. The molecule has 0 aliphatic rings. The van der Waals surface area contributed by atoms with Gasteiger partial charge in [-0.25, -0.2) is 9.59 Å². The Morgan fingerprint density at radius 1 is 0.615 bits per heavy atom. The van der Waals surface area contributed by atoms with E-state index >= 15 is 0 Å². The average Bonchev–Trinajstić information content (AvgIpc) is 2.85. The fraction of sp³-hybridized carbons (Fsp3) is 0.576. The van der Waals surface area contributed by atoms with Gasteiger partial charge in [0, 0.05) is 5.92 Å². The molecule has 2 rings (SSSR count). The summed E-state index contributed by atoms with van der Waals surface area (Å²) in [7, 11) is 0. The highest BCUT2D eigenvalue weighted by Crippen LogP contribution is 2.20. The number of benzene rings is 2. The van der Waals surface area contributed by atoms with Gasteiger partial charge in [0.1, 0.15) is 0 Å². The Kier molecular flexibility index (Phi) is 18.8. The minimum Gasteiger partial charge on any atom is -0.478 e. The van der Waals surface area contributed by atoms with Crippen LogP contribution >= 0.6 is 0 Å². The molecule has 0 bridgehead atoms. The minimum absolute atomic E-state index is 0.0694. The fourth-order valence-electron chi connectivity index (χ4n) is 4.33. The Hall–Kier alpha value is -2.70. The maximum Gasteiger partial charge on any atom is 0.335 e. The zero-order valence-corrected chi connectivity index (χ0v) is 25.1. The molecule has 4 N–H and O–H groups in total. The molecule has 0 aliphatic carbocycles. The summed E-state index contributed by atoms with van der Waals surface area (Å²) in [5.41, 5.74) is 3.10. The lowest BCUT2D eigenvalue weighted by atomic mass is 9.88. The predicted molar refractivity (Wildman–Crippen MR) is 159 cm³/mol. The van der Waals surface area contributed by atoms with Gasteiger partial charge in [0.25, 0.3) is 0 Å². The number of aliphatic hydroxyl groups is 2. The second-order valence-corrected chi connectivity index (χ2v) is 11.0. The van der Waals surface area contributed by atoms with E-state index in [0.29, 0.717) is 23.0 Å². The van der Waals surface area contributed by atoms with Crippen LogP contribution in [0.15, 0.2) is 48.5 Å². The number of carboxylic acid groups (broad SMARTS) is 2. The van der Waals surface area contributed by atoms with E-state index in [0.717, 1.165) is 44.9 Å². The molecule has 2 aromatic carbocycles. The summed E-state index contributed by atoms with van der Waals surface area (Å²) in [6, 6.07) is 14.1. The SMILES string of the molecule is CC(C)Cc1ccc(C(=O)O)cc1.CC(C)Cc1ccc(C(=O)O)cc1.CCCC(O)C(CC)C(O)CCC. The van der Waals surface area contributed by atoms with E-state index < -0.39 is 11.9 Å². The summed E-state index contributed by atoms with van der Waals surface area (Å²) in [5, 5.41) is 36.8. The van der Waals surface area contributed by atoms with Gasteiger partial charge in [0.05, 0.1) is 23.3 Å².